The normalized spacial score (nSPS) is 13.4. The molecule has 1 aromatic rings. The molecule has 18 heavy (non-hydrogen) atoms. The van der Waals surface area contributed by atoms with E-state index in [9.17, 15) is 9.59 Å². The smallest absolute Gasteiger partial charge is 0.408 e. The van der Waals surface area contributed by atoms with Gasteiger partial charge in [-0.15, -0.1) is 0 Å². The molecule has 0 aromatic heterocycles. The zero-order valence-electron chi connectivity index (χ0n) is 10.1. The highest BCUT2D eigenvalue weighted by Gasteiger charge is 2.33. The first kappa shape index (κ1) is 14.0. The van der Waals surface area contributed by atoms with Gasteiger partial charge in [-0.25, -0.2) is 9.59 Å². The number of hydrogen-bond donors (Lipinski definition) is 3. The molecule has 1 rings (SSSR count). The van der Waals surface area contributed by atoms with E-state index in [4.69, 9.17) is 15.6 Å². The molecular weight excluding hydrogens is 236 g/mol. The molecule has 0 aliphatic carbocycles. The van der Waals surface area contributed by atoms with Crippen LogP contribution in [0.4, 0.5) is 4.79 Å². The highest BCUT2D eigenvalue weighted by atomic mass is 16.5. The van der Waals surface area contributed by atoms with Crippen LogP contribution < -0.4 is 11.1 Å². The average molecular weight is 252 g/mol. The Hall–Kier alpha value is -2.08. The number of rotatable bonds is 5. The highest BCUT2D eigenvalue weighted by Crippen LogP contribution is 2.04. The third kappa shape index (κ3) is 3.74. The summed E-state index contributed by atoms with van der Waals surface area (Å²) in [7, 11) is 0. The third-order valence-corrected chi connectivity index (χ3v) is 2.47. The Morgan fingerprint density at radius 3 is 2.50 bits per heavy atom. The molecule has 1 amide bonds. The fraction of sp³-hybridized carbons (Fsp3) is 0.333. The highest BCUT2D eigenvalue weighted by molar-refractivity contribution is 5.84. The Bertz CT molecular complexity index is 421. The van der Waals surface area contributed by atoms with Gasteiger partial charge in [-0.2, -0.15) is 0 Å². The van der Waals surface area contributed by atoms with Crippen LogP contribution in [0.15, 0.2) is 30.3 Å². The summed E-state index contributed by atoms with van der Waals surface area (Å²) in [5, 5.41) is 11.1. The largest absolute Gasteiger partial charge is 0.479 e. The molecule has 0 aliphatic heterocycles. The third-order valence-electron chi connectivity index (χ3n) is 2.47. The molecule has 0 heterocycles. The second kappa shape index (κ2) is 6.02. The van der Waals surface area contributed by atoms with Crippen molar-refractivity contribution in [3.8, 4) is 0 Å². The van der Waals surface area contributed by atoms with E-state index >= 15 is 0 Å². The molecule has 4 N–H and O–H groups in total. The number of benzene rings is 1. The van der Waals surface area contributed by atoms with Crippen LogP contribution in [0.5, 0.6) is 0 Å². The van der Waals surface area contributed by atoms with Crippen molar-refractivity contribution in [2.45, 2.75) is 19.1 Å². The average Bonchev–Trinajstić information content (AvgIpc) is 2.37. The maximum Gasteiger partial charge on any atom is 0.408 e. The Morgan fingerprint density at radius 1 is 1.39 bits per heavy atom. The molecule has 1 aromatic carbocycles. The van der Waals surface area contributed by atoms with Crippen LogP contribution in [0.25, 0.3) is 0 Å². The van der Waals surface area contributed by atoms with Crippen molar-refractivity contribution in [3.63, 3.8) is 0 Å². The van der Waals surface area contributed by atoms with Gasteiger partial charge in [0.25, 0.3) is 0 Å². The van der Waals surface area contributed by atoms with Crippen LogP contribution in [0, 0.1) is 0 Å². The number of carbonyl (C=O) groups is 2. The molecule has 0 radical (unpaired) electrons. The number of amides is 1. The van der Waals surface area contributed by atoms with E-state index in [1.807, 2.05) is 18.2 Å². The van der Waals surface area contributed by atoms with Crippen LogP contribution in [0.3, 0.4) is 0 Å². The summed E-state index contributed by atoms with van der Waals surface area (Å²) >= 11 is 0. The molecule has 0 saturated carbocycles. The molecule has 0 fully saturated rings. The molecular formula is C12H16N2O4. The van der Waals surface area contributed by atoms with Gasteiger partial charge in [-0.05, 0) is 12.5 Å². The van der Waals surface area contributed by atoms with Gasteiger partial charge in [0.1, 0.15) is 12.1 Å². The van der Waals surface area contributed by atoms with Gasteiger partial charge in [-0.1, -0.05) is 30.3 Å². The topological polar surface area (TPSA) is 102 Å². The van der Waals surface area contributed by atoms with Gasteiger partial charge in [0.2, 0.25) is 0 Å². The summed E-state index contributed by atoms with van der Waals surface area (Å²) in [5.74, 6) is -1.21. The number of alkyl carbamates (subject to hydrolysis) is 1. The lowest BCUT2D eigenvalue weighted by atomic mass is 10.0. The summed E-state index contributed by atoms with van der Waals surface area (Å²) in [5.41, 5.74) is 4.61. The zero-order valence-corrected chi connectivity index (χ0v) is 10.1. The fourth-order valence-electron chi connectivity index (χ4n) is 1.18. The van der Waals surface area contributed by atoms with Crippen LogP contribution in [-0.4, -0.2) is 29.3 Å². The lowest BCUT2D eigenvalue weighted by Gasteiger charge is -2.23. The first-order valence-electron chi connectivity index (χ1n) is 5.40. The standard InChI is InChI=1S/C12H16N2O4/c1-12(8-13,10(15)16)14-11(17)18-7-9-5-3-2-4-6-9/h2-6H,7-8,13H2,1H3,(H,14,17)(H,15,16). The number of aliphatic carboxylic acids is 1. The summed E-state index contributed by atoms with van der Waals surface area (Å²) in [6, 6.07) is 9.08. The van der Waals surface area contributed by atoms with E-state index in [1.54, 1.807) is 12.1 Å². The van der Waals surface area contributed by atoms with Crippen molar-refractivity contribution in [3.05, 3.63) is 35.9 Å². The molecule has 6 nitrogen and oxygen atoms in total. The fourth-order valence-corrected chi connectivity index (χ4v) is 1.18. The van der Waals surface area contributed by atoms with Gasteiger partial charge in [0.05, 0.1) is 0 Å². The van der Waals surface area contributed by atoms with E-state index < -0.39 is 17.6 Å². The van der Waals surface area contributed by atoms with Crippen LogP contribution in [0.1, 0.15) is 12.5 Å². The van der Waals surface area contributed by atoms with Crippen molar-refractivity contribution in [1.29, 1.82) is 0 Å². The first-order valence-corrected chi connectivity index (χ1v) is 5.40. The summed E-state index contributed by atoms with van der Waals surface area (Å²) in [6.07, 6.45) is -0.811. The SMILES string of the molecule is CC(CN)(NC(=O)OCc1ccccc1)C(=O)O. The summed E-state index contributed by atoms with van der Waals surface area (Å²) in [6.45, 7) is 1.18. The van der Waals surface area contributed by atoms with Gasteiger partial charge >= 0.3 is 12.1 Å². The molecule has 1 unspecified atom stereocenters. The maximum atomic E-state index is 11.4. The van der Waals surface area contributed by atoms with Crippen molar-refractivity contribution in [2.75, 3.05) is 6.54 Å². The van der Waals surface area contributed by atoms with Gasteiger partial charge in [0.15, 0.2) is 0 Å². The van der Waals surface area contributed by atoms with Gasteiger partial charge < -0.3 is 20.9 Å². The second-order valence-electron chi connectivity index (χ2n) is 4.03. The van der Waals surface area contributed by atoms with Gasteiger partial charge in [0, 0.05) is 6.54 Å². The van der Waals surface area contributed by atoms with E-state index in [0.717, 1.165) is 5.56 Å². The van der Waals surface area contributed by atoms with E-state index in [-0.39, 0.29) is 13.2 Å². The number of nitrogens with one attached hydrogen (secondary N) is 1. The minimum Gasteiger partial charge on any atom is -0.479 e. The van der Waals surface area contributed by atoms with Crippen LogP contribution in [-0.2, 0) is 16.1 Å². The number of carboxylic acid groups (broad SMARTS) is 1. The lowest BCUT2D eigenvalue weighted by molar-refractivity contribution is -0.143. The number of carboxylic acids is 1. The number of hydrogen-bond acceptors (Lipinski definition) is 4. The predicted molar refractivity (Wildman–Crippen MR) is 64.9 cm³/mol. The van der Waals surface area contributed by atoms with Crippen molar-refractivity contribution in [1.82, 2.24) is 5.32 Å². The van der Waals surface area contributed by atoms with E-state index in [0.29, 0.717) is 0 Å². The van der Waals surface area contributed by atoms with Crippen LogP contribution >= 0.6 is 0 Å². The van der Waals surface area contributed by atoms with Crippen molar-refractivity contribution >= 4 is 12.1 Å². The molecule has 1 atom stereocenters. The Kier molecular flexibility index (Phi) is 4.67. The lowest BCUT2D eigenvalue weighted by Crippen LogP contribution is -2.57. The quantitative estimate of drug-likeness (QED) is 0.716. The minimum absolute atomic E-state index is 0.0763. The Morgan fingerprint density at radius 2 is 2.00 bits per heavy atom. The molecule has 0 aliphatic rings. The molecule has 0 saturated heterocycles. The first-order chi connectivity index (χ1) is 8.48. The maximum absolute atomic E-state index is 11.4. The monoisotopic (exact) mass is 252 g/mol. The molecule has 0 spiro atoms. The Balaban J connectivity index is 2.49. The van der Waals surface area contributed by atoms with E-state index in [1.165, 1.54) is 6.92 Å². The number of ether oxygens (including phenoxy) is 1. The summed E-state index contributed by atoms with van der Waals surface area (Å²) < 4.78 is 4.91. The number of nitrogens with two attached hydrogens (primary N) is 1. The zero-order chi connectivity index (χ0) is 13.6. The van der Waals surface area contributed by atoms with Crippen molar-refractivity contribution < 1.29 is 19.4 Å². The van der Waals surface area contributed by atoms with Crippen LogP contribution in [0.2, 0.25) is 0 Å². The molecule has 0 bridgehead atoms. The second-order valence-corrected chi connectivity index (χ2v) is 4.03. The molecule has 98 valence electrons. The van der Waals surface area contributed by atoms with Gasteiger partial charge in [-0.3, -0.25) is 0 Å². The Labute approximate surface area is 105 Å². The number of carbonyl (C=O) groups excluding carboxylic acids is 1. The summed E-state index contributed by atoms with van der Waals surface area (Å²) in [4.78, 5) is 22.4. The van der Waals surface area contributed by atoms with E-state index in [2.05, 4.69) is 5.32 Å². The minimum atomic E-state index is -1.52. The molecule has 6 heteroatoms. The predicted octanol–water partition coefficient (Wildman–Crippen LogP) is 0.715. The van der Waals surface area contributed by atoms with Crippen molar-refractivity contribution in [2.24, 2.45) is 5.73 Å².